The molecule has 9 heteroatoms. The van der Waals surface area contributed by atoms with Crippen LogP contribution in [0.3, 0.4) is 0 Å². The van der Waals surface area contributed by atoms with Crippen molar-refractivity contribution in [2.45, 2.75) is 18.6 Å². The Morgan fingerprint density at radius 2 is 1.67 bits per heavy atom. The third-order valence-electron chi connectivity index (χ3n) is 5.67. The molecule has 0 saturated carbocycles. The molecular weight excluding hydrogens is 402 g/mol. The maximum atomic E-state index is 14.0. The van der Waals surface area contributed by atoms with Crippen LogP contribution in [0.25, 0.3) is 0 Å². The van der Waals surface area contributed by atoms with Crippen LogP contribution >= 0.6 is 0 Å². The first-order valence-electron chi connectivity index (χ1n) is 9.64. The van der Waals surface area contributed by atoms with Gasteiger partial charge in [-0.3, -0.25) is 9.59 Å². The highest BCUT2D eigenvalue weighted by Gasteiger charge is 2.47. The molecule has 0 radical (unpaired) electrons. The van der Waals surface area contributed by atoms with Gasteiger partial charge in [0.25, 0.3) is 5.91 Å². The molecule has 2 aromatic rings. The first kappa shape index (κ1) is 20.3. The number of alkyl halides is 3. The highest BCUT2D eigenvalue weighted by Crippen LogP contribution is 2.33. The number of benzene rings is 2. The van der Waals surface area contributed by atoms with Gasteiger partial charge in [-0.05, 0) is 30.3 Å². The first-order chi connectivity index (χ1) is 14.3. The largest absolute Gasteiger partial charge is 0.416 e. The molecule has 2 amide bonds. The molecule has 4 rings (SSSR count). The molecule has 0 aromatic heterocycles. The zero-order valence-corrected chi connectivity index (χ0v) is 16.0. The molecule has 0 unspecified atom stereocenters. The van der Waals surface area contributed by atoms with E-state index in [4.69, 9.17) is 0 Å². The molecule has 1 N–H and O–H groups in total. The quantitative estimate of drug-likeness (QED) is 0.607. The normalized spacial score (nSPS) is 20.9. The van der Waals surface area contributed by atoms with E-state index in [1.807, 2.05) is 4.90 Å². The molecule has 0 spiro atoms. The predicted molar refractivity (Wildman–Crippen MR) is 102 cm³/mol. The van der Waals surface area contributed by atoms with E-state index in [9.17, 15) is 27.2 Å². The van der Waals surface area contributed by atoms with Crippen molar-refractivity contribution in [1.29, 1.82) is 0 Å². The fourth-order valence-electron chi connectivity index (χ4n) is 4.13. The summed E-state index contributed by atoms with van der Waals surface area (Å²) in [5.74, 6) is -1.31. The Morgan fingerprint density at radius 3 is 2.33 bits per heavy atom. The molecule has 5 nitrogen and oxygen atoms in total. The second kappa shape index (κ2) is 7.71. The number of nitrogens with one attached hydrogen (secondary N) is 1. The van der Waals surface area contributed by atoms with Crippen molar-refractivity contribution in [3.8, 4) is 0 Å². The van der Waals surface area contributed by atoms with Crippen LogP contribution in [0.1, 0.15) is 12.0 Å². The average molecular weight is 422 g/mol. The van der Waals surface area contributed by atoms with Gasteiger partial charge in [-0.2, -0.15) is 13.2 Å². The topological polar surface area (TPSA) is 45.1 Å². The molecule has 1 atom stereocenters. The lowest BCUT2D eigenvalue weighted by Crippen LogP contribution is -3.19. The number of halogens is 4. The number of rotatable bonds is 3. The monoisotopic (exact) mass is 422 g/mol. The molecule has 158 valence electrons. The summed E-state index contributed by atoms with van der Waals surface area (Å²) in [6.45, 7) is 2.07. The van der Waals surface area contributed by atoms with Crippen LogP contribution in [0.15, 0.2) is 48.5 Å². The standard InChI is InChI=1S/C21H19F4N3O2/c22-16-6-1-2-7-17(16)26-8-10-27(11-9-26)18-13-19(29)28(20(18)30)15-5-3-4-14(12-15)21(23,24)25/h1-7,12,18H,8-11,13H2/p+1/t18-/m1/s1. The smallest absolute Gasteiger partial charge is 0.358 e. The average Bonchev–Trinajstić information content (AvgIpc) is 3.02. The third-order valence-corrected chi connectivity index (χ3v) is 5.67. The molecule has 2 aromatic carbocycles. The molecule has 2 aliphatic heterocycles. The minimum Gasteiger partial charge on any atom is -0.358 e. The van der Waals surface area contributed by atoms with Gasteiger partial charge >= 0.3 is 6.18 Å². The van der Waals surface area contributed by atoms with Gasteiger partial charge in [-0.1, -0.05) is 18.2 Å². The van der Waals surface area contributed by atoms with E-state index in [0.717, 1.165) is 21.9 Å². The van der Waals surface area contributed by atoms with Gasteiger partial charge in [-0.25, -0.2) is 9.29 Å². The Labute approximate surface area is 170 Å². The second-order valence-electron chi connectivity index (χ2n) is 7.47. The summed E-state index contributed by atoms with van der Waals surface area (Å²) in [4.78, 5) is 29.0. The number of imide groups is 1. The number of hydrogen-bond acceptors (Lipinski definition) is 3. The van der Waals surface area contributed by atoms with Crippen LogP contribution in [-0.4, -0.2) is 44.0 Å². The van der Waals surface area contributed by atoms with Crippen LogP contribution in [0, 0.1) is 5.82 Å². The van der Waals surface area contributed by atoms with Crippen LogP contribution in [0.5, 0.6) is 0 Å². The van der Waals surface area contributed by atoms with Gasteiger partial charge in [0.15, 0.2) is 6.04 Å². The van der Waals surface area contributed by atoms with Gasteiger partial charge in [0.2, 0.25) is 5.91 Å². The number of carbonyl (C=O) groups excluding carboxylic acids is 2. The maximum absolute atomic E-state index is 14.0. The fraction of sp³-hybridized carbons (Fsp3) is 0.333. The van der Waals surface area contributed by atoms with Crippen LogP contribution < -0.4 is 14.7 Å². The van der Waals surface area contributed by atoms with Crippen molar-refractivity contribution in [2.24, 2.45) is 0 Å². The number of piperazine rings is 1. The Morgan fingerprint density at radius 1 is 0.967 bits per heavy atom. The van der Waals surface area contributed by atoms with E-state index in [1.165, 1.54) is 18.2 Å². The van der Waals surface area contributed by atoms with Gasteiger partial charge in [0.05, 0.1) is 49.5 Å². The van der Waals surface area contributed by atoms with E-state index in [1.54, 1.807) is 18.2 Å². The van der Waals surface area contributed by atoms with E-state index < -0.39 is 29.6 Å². The lowest BCUT2D eigenvalue weighted by Gasteiger charge is -2.35. The zero-order valence-electron chi connectivity index (χ0n) is 16.0. The number of anilines is 2. The number of hydrogen-bond donors (Lipinski definition) is 1. The molecule has 0 aliphatic carbocycles. The molecule has 30 heavy (non-hydrogen) atoms. The van der Waals surface area contributed by atoms with Crippen LogP contribution in [-0.2, 0) is 15.8 Å². The number of amides is 2. The highest BCUT2D eigenvalue weighted by molar-refractivity contribution is 6.21. The number of quaternary nitrogens is 1. The van der Waals surface area contributed by atoms with Crippen LogP contribution in [0.4, 0.5) is 28.9 Å². The number of carbonyl (C=O) groups is 2. The lowest BCUT2D eigenvalue weighted by atomic mass is 10.1. The number of nitrogens with zero attached hydrogens (tertiary/aromatic N) is 2. The van der Waals surface area contributed by atoms with Gasteiger partial charge in [0, 0.05) is 0 Å². The van der Waals surface area contributed by atoms with Crippen molar-refractivity contribution in [2.75, 3.05) is 36.0 Å². The van der Waals surface area contributed by atoms with Crippen molar-refractivity contribution in [3.05, 3.63) is 59.9 Å². The molecule has 2 fully saturated rings. The van der Waals surface area contributed by atoms with Crippen molar-refractivity contribution in [3.63, 3.8) is 0 Å². The fourth-order valence-corrected chi connectivity index (χ4v) is 4.13. The second-order valence-corrected chi connectivity index (χ2v) is 7.47. The van der Waals surface area contributed by atoms with Gasteiger partial charge < -0.3 is 9.80 Å². The Balaban J connectivity index is 1.47. The van der Waals surface area contributed by atoms with E-state index in [-0.39, 0.29) is 17.9 Å². The maximum Gasteiger partial charge on any atom is 0.416 e. The molecule has 2 saturated heterocycles. The zero-order chi connectivity index (χ0) is 21.5. The highest BCUT2D eigenvalue weighted by atomic mass is 19.4. The summed E-state index contributed by atoms with van der Waals surface area (Å²) in [6.07, 6.45) is -4.61. The summed E-state index contributed by atoms with van der Waals surface area (Å²) >= 11 is 0. The minimum atomic E-state index is -4.56. The summed E-state index contributed by atoms with van der Waals surface area (Å²) in [5, 5.41) is 0. The molecule has 2 heterocycles. The number of para-hydroxylation sites is 1. The summed E-state index contributed by atoms with van der Waals surface area (Å²) in [7, 11) is 0. The Kier molecular flexibility index (Phi) is 5.23. The summed E-state index contributed by atoms with van der Waals surface area (Å²) < 4.78 is 53.0. The van der Waals surface area contributed by atoms with E-state index in [0.29, 0.717) is 31.9 Å². The third kappa shape index (κ3) is 3.77. The first-order valence-corrected chi connectivity index (χ1v) is 9.64. The van der Waals surface area contributed by atoms with E-state index in [2.05, 4.69) is 0 Å². The Hall–Kier alpha value is -2.94. The van der Waals surface area contributed by atoms with Gasteiger partial charge in [-0.15, -0.1) is 0 Å². The molecule has 0 bridgehead atoms. The Bertz CT molecular complexity index is 971. The molecule has 2 aliphatic rings. The van der Waals surface area contributed by atoms with Crippen molar-refractivity contribution >= 4 is 23.2 Å². The molecular formula is C21H20F4N3O2+. The lowest BCUT2D eigenvalue weighted by molar-refractivity contribution is -0.915. The predicted octanol–water partition coefficient (Wildman–Crippen LogP) is 1.88. The van der Waals surface area contributed by atoms with Crippen molar-refractivity contribution in [1.82, 2.24) is 0 Å². The van der Waals surface area contributed by atoms with Gasteiger partial charge in [0.1, 0.15) is 5.82 Å². The van der Waals surface area contributed by atoms with Crippen molar-refractivity contribution < 1.29 is 32.1 Å². The van der Waals surface area contributed by atoms with E-state index >= 15 is 0 Å². The summed E-state index contributed by atoms with van der Waals surface area (Å²) in [6, 6.07) is 10.1. The summed E-state index contributed by atoms with van der Waals surface area (Å²) in [5.41, 5.74) is -0.474. The SMILES string of the molecule is O=C1C[C@@H]([NH+]2CCN(c3ccccc3F)CC2)C(=O)N1c1cccc(C(F)(F)F)c1. The minimum absolute atomic E-state index is 0.0515. The van der Waals surface area contributed by atoms with Crippen LogP contribution in [0.2, 0.25) is 0 Å².